The van der Waals surface area contributed by atoms with Crippen LogP contribution in [0.15, 0.2) is 65.2 Å². The number of aromatic nitrogens is 1. The number of carbonyl (C=O) groups excluding carboxylic acids is 2. The Bertz CT molecular complexity index is 1270. The largest absolute Gasteiger partial charge is 0.496 e. The number of ether oxygens (including phenoxy) is 1. The van der Waals surface area contributed by atoms with Gasteiger partial charge in [-0.3, -0.25) is 24.3 Å². The number of fused-ring (bicyclic) bond motifs is 1. The van der Waals surface area contributed by atoms with E-state index in [0.717, 1.165) is 0 Å². The summed E-state index contributed by atoms with van der Waals surface area (Å²) in [5, 5.41) is 11.7. The topological polar surface area (TPSA) is 105 Å². The Morgan fingerprint density at radius 2 is 1.97 bits per heavy atom. The number of benzene rings is 2. The van der Waals surface area contributed by atoms with Gasteiger partial charge < -0.3 is 9.15 Å². The van der Waals surface area contributed by atoms with E-state index in [1.165, 1.54) is 42.1 Å². The maximum absolute atomic E-state index is 13.0. The first-order chi connectivity index (χ1) is 14.0. The number of carbonyl (C=O) groups is 2. The summed E-state index contributed by atoms with van der Waals surface area (Å²) in [6, 6.07) is 14.2. The van der Waals surface area contributed by atoms with Gasteiger partial charge in [0.25, 0.3) is 11.6 Å². The summed E-state index contributed by atoms with van der Waals surface area (Å²) in [4.78, 5) is 34.9. The molecule has 0 aliphatic heterocycles. The lowest BCUT2D eigenvalue weighted by Crippen LogP contribution is -2.09. The average molecular weight is 390 g/mol. The molecular formula is C21H14N2O6. The third-order valence-corrected chi connectivity index (χ3v) is 4.56. The quantitative estimate of drug-likeness (QED) is 0.285. The molecule has 0 spiro atoms. The number of methoxy groups -OCH3 is 1. The summed E-state index contributed by atoms with van der Waals surface area (Å²) < 4.78 is 12.3. The first kappa shape index (κ1) is 18.2. The van der Waals surface area contributed by atoms with Crippen molar-refractivity contribution >= 4 is 28.8 Å². The van der Waals surface area contributed by atoms with E-state index in [-0.39, 0.29) is 17.2 Å². The van der Waals surface area contributed by atoms with Crippen molar-refractivity contribution in [2.24, 2.45) is 0 Å². The van der Waals surface area contributed by atoms with E-state index >= 15 is 0 Å². The summed E-state index contributed by atoms with van der Waals surface area (Å²) in [5.74, 6) is 0.177. The molecule has 0 fully saturated rings. The lowest BCUT2D eigenvalue weighted by atomic mass is 10.1. The van der Waals surface area contributed by atoms with Crippen LogP contribution in [0.3, 0.4) is 0 Å². The van der Waals surface area contributed by atoms with Crippen molar-refractivity contribution in [3.05, 3.63) is 82.2 Å². The van der Waals surface area contributed by atoms with Crippen molar-refractivity contribution < 1.29 is 23.7 Å². The van der Waals surface area contributed by atoms with E-state index in [2.05, 4.69) is 0 Å². The standard InChI is InChI=1S/C21H14N2O6/c1-28-18-7-6-14(23(26)27)10-16(18)19-8-9-20(29-19)21(25)22-11-13(12-24)15-4-2-3-5-17(15)22/h2-12H,1H3. The molecule has 0 bridgehead atoms. The Hall–Kier alpha value is -4.20. The van der Waals surface area contributed by atoms with Crippen LogP contribution in [0.1, 0.15) is 20.9 Å². The lowest BCUT2D eigenvalue weighted by molar-refractivity contribution is -0.384. The molecule has 4 aromatic rings. The molecule has 0 unspecified atom stereocenters. The predicted octanol–water partition coefficient (Wildman–Crippen LogP) is 4.32. The number of nitro benzene ring substituents is 1. The fourth-order valence-corrected chi connectivity index (χ4v) is 3.19. The number of aldehydes is 1. The fourth-order valence-electron chi connectivity index (χ4n) is 3.19. The number of rotatable bonds is 5. The molecule has 0 atom stereocenters. The molecule has 0 N–H and O–H groups in total. The zero-order chi connectivity index (χ0) is 20.5. The smallest absolute Gasteiger partial charge is 0.298 e. The van der Waals surface area contributed by atoms with Crippen LogP contribution in [0.25, 0.3) is 22.2 Å². The average Bonchev–Trinajstić information content (AvgIpc) is 3.38. The van der Waals surface area contributed by atoms with Crippen molar-refractivity contribution in [3.63, 3.8) is 0 Å². The van der Waals surface area contributed by atoms with Gasteiger partial charge in [-0.2, -0.15) is 0 Å². The van der Waals surface area contributed by atoms with Gasteiger partial charge in [-0.15, -0.1) is 0 Å². The summed E-state index contributed by atoms with van der Waals surface area (Å²) in [6.45, 7) is 0. The summed E-state index contributed by atoms with van der Waals surface area (Å²) >= 11 is 0. The SMILES string of the molecule is COc1ccc([N+](=O)[O-])cc1-c1ccc(C(=O)n2cc(C=O)c3ccccc32)o1. The molecule has 4 rings (SSSR count). The molecule has 0 amide bonds. The van der Waals surface area contributed by atoms with Crippen LogP contribution in [0.2, 0.25) is 0 Å². The molecule has 0 aliphatic carbocycles. The van der Waals surface area contributed by atoms with E-state index in [1.54, 1.807) is 30.3 Å². The number of non-ortho nitro benzene ring substituents is 1. The van der Waals surface area contributed by atoms with Crippen LogP contribution < -0.4 is 4.74 Å². The molecule has 0 radical (unpaired) electrons. The van der Waals surface area contributed by atoms with Gasteiger partial charge in [0.05, 0.1) is 23.1 Å². The molecule has 8 heteroatoms. The minimum atomic E-state index is -0.523. The molecule has 0 aliphatic rings. The zero-order valence-corrected chi connectivity index (χ0v) is 15.2. The number of para-hydroxylation sites is 1. The van der Waals surface area contributed by atoms with Gasteiger partial charge in [0, 0.05) is 29.3 Å². The normalized spacial score (nSPS) is 10.8. The highest BCUT2D eigenvalue weighted by Gasteiger charge is 2.21. The van der Waals surface area contributed by atoms with E-state index in [1.807, 2.05) is 0 Å². The van der Waals surface area contributed by atoms with E-state index in [9.17, 15) is 19.7 Å². The maximum atomic E-state index is 13.0. The van der Waals surface area contributed by atoms with Crippen molar-refractivity contribution in [1.29, 1.82) is 0 Å². The van der Waals surface area contributed by atoms with Crippen molar-refractivity contribution in [2.75, 3.05) is 7.11 Å². The molecule has 2 aromatic carbocycles. The molecule has 0 saturated carbocycles. The van der Waals surface area contributed by atoms with Gasteiger partial charge in [0.2, 0.25) is 0 Å². The van der Waals surface area contributed by atoms with Crippen molar-refractivity contribution in [1.82, 2.24) is 4.57 Å². The van der Waals surface area contributed by atoms with Gasteiger partial charge in [-0.05, 0) is 24.3 Å². The summed E-state index contributed by atoms with van der Waals surface area (Å²) in [7, 11) is 1.44. The van der Waals surface area contributed by atoms with Gasteiger partial charge in [0.15, 0.2) is 12.0 Å². The number of nitro groups is 1. The van der Waals surface area contributed by atoms with Crippen LogP contribution in [0.4, 0.5) is 5.69 Å². The Morgan fingerprint density at radius 1 is 1.17 bits per heavy atom. The van der Waals surface area contributed by atoms with Crippen LogP contribution in [-0.2, 0) is 0 Å². The number of nitrogens with zero attached hydrogens (tertiary/aromatic N) is 2. The number of hydrogen-bond acceptors (Lipinski definition) is 6. The van der Waals surface area contributed by atoms with Crippen LogP contribution in [-0.4, -0.2) is 28.8 Å². The molecule has 8 nitrogen and oxygen atoms in total. The minimum Gasteiger partial charge on any atom is -0.496 e. The van der Waals surface area contributed by atoms with Crippen molar-refractivity contribution in [3.8, 4) is 17.1 Å². The lowest BCUT2D eigenvalue weighted by Gasteiger charge is -2.06. The monoisotopic (exact) mass is 390 g/mol. The first-order valence-electron chi connectivity index (χ1n) is 8.56. The maximum Gasteiger partial charge on any atom is 0.298 e. The zero-order valence-electron chi connectivity index (χ0n) is 15.2. The van der Waals surface area contributed by atoms with Gasteiger partial charge >= 0.3 is 0 Å². The molecule has 29 heavy (non-hydrogen) atoms. The van der Waals surface area contributed by atoms with E-state index in [4.69, 9.17) is 9.15 Å². The van der Waals surface area contributed by atoms with E-state index < -0.39 is 10.8 Å². The third-order valence-electron chi connectivity index (χ3n) is 4.56. The second kappa shape index (κ2) is 7.08. The van der Waals surface area contributed by atoms with E-state index in [0.29, 0.717) is 34.1 Å². The number of furan rings is 1. The summed E-state index contributed by atoms with van der Waals surface area (Å²) in [6.07, 6.45) is 2.14. The fraction of sp³-hybridized carbons (Fsp3) is 0.0476. The van der Waals surface area contributed by atoms with Crippen LogP contribution in [0.5, 0.6) is 5.75 Å². The van der Waals surface area contributed by atoms with Gasteiger partial charge in [-0.25, -0.2) is 0 Å². The Morgan fingerprint density at radius 3 is 2.69 bits per heavy atom. The minimum absolute atomic E-state index is 0.0201. The highest BCUT2D eigenvalue weighted by Crippen LogP contribution is 2.34. The second-order valence-electron chi connectivity index (χ2n) is 6.20. The van der Waals surface area contributed by atoms with Gasteiger partial charge in [-0.1, -0.05) is 18.2 Å². The molecule has 0 saturated heterocycles. The highest BCUT2D eigenvalue weighted by molar-refractivity contribution is 6.06. The van der Waals surface area contributed by atoms with Crippen molar-refractivity contribution in [2.45, 2.75) is 0 Å². The molecule has 2 heterocycles. The first-order valence-corrected chi connectivity index (χ1v) is 8.56. The van der Waals surface area contributed by atoms with Gasteiger partial charge in [0.1, 0.15) is 11.5 Å². The predicted molar refractivity (Wildman–Crippen MR) is 104 cm³/mol. The highest BCUT2D eigenvalue weighted by atomic mass is 16.6. The molecule has 2 aromatic heterocycles. The Labute approximate surface area is 164 Å². The van der Waals surface area contributed by atoms with Crippen LogP contribution >= 0.6 is 0 Å². The second-order valence-corrected chi connectivity index (χ2v) is 6.20. The molecular weight excluding hydrogens is 376 g/mol. The number of hydrogen-bond donors (Lipinski definition) is 0. The summed E-state index contributed by atoms with van der Waals surface area (Å²) in [5.41, 5.74) is 1.19. The Kier molecular flexibility index (Phi) is 4.44. The van der Waals surface area contributed by atoms with Crippen LogP contribution in [0, 0.1) is 10.1 Å². The third kappa shape index (κ3) is 3.06. The molecule has 144 valence electrons. The Balaban J connectivity index is 1.78.